The number of ketones is 1. The molecule has 22 nitrogen and oxygen atoms in total. The van der Waals surface area contributed by atoms with Gasteiger partial charge in [0, 0.05) is 145 Å². The van der Waals surface area contributed by atoms with E-state index in [0.29, 0.717) is 101 Å². The van der Waals surface area contributed by atoms with Crippen molar-refractivity contribution >= 4 is 52.9 Å². The molecule has 3 amide bonds. The molecule has 407 valence electrons. The van der Waals surface area contributed by atoms with Gasteiger partial charge in [-0.1, -0.05) is 47.7 Å². The third-order valence-electron chi connectivity index (χ3n) is 12.8. The van der Waals surface area contributed by atoms with E-state index in [-0.39, 0.29) is 132 Å². The number of benzene rings is 2. The van der Waals surface area contributed by atoms with Crippen molar-refractivity contribution in [2.24, 2.45) is 0 Å². The topological polar surface area (TPSA) is 267 Å². The van der Waals surface area contributed by atoms with E-state index < -0.39 is 17.9 Å². The number of carbonyl (C=O) groups excluding carboxylic acids is 4. The van der Waals surface area contributed by atoms with Gasteiger partial charge in [-0.3, -0.25) is 53.2 Å². The van der Waals surface area contributed by atoms with Gasteiger partial charge in [0.15, 0.2) is 0 Å². The number of carbonyl (C=O) groups is 7. The Morgan fingerprint density at radius 2 is 1.20 bits per heavy atom. The number of carboxylic acids is 3. The number of hydrogen-bond donors (Lipinski definition) is 5. The SMILES string of the molecule is CN(C)CCNC(=O)c1ccc(NC(=O)CCCCC(=O)N2Cc3ccccc3-c3nnn(CCCCC(=O)CN4CCN(CC(=O)O)CCN(CC(=O)O)CCN(CC(=O)O)CC4)c3-c3ccccc32)nc1.[177Lu]. The Hall–Kier alpha value is -5.75. The number of unbranched alkanes of at least 4 members (excludes halogenated alkanes) is 2. The molecule has 4 heterocycles. The number of pyridine rings is 1. The maximum absolute atomic E-state index is 14.2. The van der Waals surface area contributed by atoms with Crippen molar-refractivity contribution in [2.45, 2.75) is 58.0 Å². The zero-order valence-electron chi connectivity index (χ0n) is 42.0. The van der Waals surface area contributed by atoms with Crippen LogP contribution < -0.4 is 15.5 Å². The Balaban J connectivity index is 0.0000101. The van der Waals surface area contributed by atoms with Crippen molar-refractivity contribution < 1.29 is 85.8 Å². The summed E-state index contributed by atoms with van der Waals surface area (Å²) in [6, 6.07) is 18.6. The van der Waals surface area contributed by atoms with Crippen LogP contribution in [0.1, 0.15) is 60.9 Å². The van der Waals surface area contributed by atoms with Gasteiger partial charge >= 0.3 is 17.9 Å². The van der Waals surface area contributed by atoms with Crippen LogP contribution in [-0.2, 0) is 41.9 Å². The number of likely N-dealkylation sites (N-methyl/N-ethyl adjacent to an activating group) is 1. The normalized spacial score (nSPS) is 14.9. The smallest absolute Gasteiger partial charge is 0.317 e. The predicted octanol–water partition coefficient (Wildman–Crippen LogP) is 2.56. The number of hydrogen-bond acceptors (Lipinski definition) is 15. The van der Waals surface area contributed by atoms with E-state index >= 15 is 0 Å². The first-order chi connectivity index (χ1) is 35.1. The number of para-hydroxylation sites is 1. The number of carboxylic acid groups (broad SMARTS) is 3. The molecular formula is C51H68LuN12O10. The van der Waals surface area contributed by atoms with Gasteiger partial charge in [-0.25, -0.2) is 9.67 Å². The first-order valence-electron chi connectivity index (χ1n) is 24.8. The van der Waals surface area contributed by atoms with Crippen LogP contribution in [0.5, 0.6) is 0 Å². The molecular weight excluding hydrogens is 1120 g/mol. The monoisotopic (exact) mass is 1190 g/mol. The number of anilines is 2. The molecule has 1 radical (unpaired) electrons. The second-order valence-electron chi connectivity index (χ2n) is 18.7. The molecule has 0 bridgehead atoms. The minimum Gasteiger partial charge on any atom is -0.480 e. The molecule has 74 heavy (non-hydrogen) atoms. The summed E-state index contributed by atoms with van der Waals surface area (Å²) in [6.45, 7) is 3.78. The van der Waals surface area contributed by atoms with Crippen LogP contribution in [0.2, 0.25) is 0 Å². The maximum atomic E-state index is 14.2. The number of aliphatic carboxylic acids is 3. The number of nitrogens with zero attached hydrogens (tertiary/aromatic N) is 10. The summed E-state index contributed by atoms with van der Waals surface area (Å²) in [5, 5.41) is 43.5. The summed E-state index contributed by atoms with van der Waals surface area (Å²) < 4.78 is 1.83. The number of nitrogens with one attached hydrogen (secondary N) is 2. The first kappa shape index (κ1) is 59.1. The van der Waals surface area contributed by atoms with Crippen molar-refractivity contribution in [3.05, 3.63) is 78.0 Å². The molecule has 5 N–H and O–H groups in total. The average molecular weight is 1190 g/mol. The molecule has 23 heteroatoms. The number of aromatic nitrogens is 4. The van der Waals surface area contributed by atoms with Crippen molar-refractivity contribution in [1.82, 2.24) is 49.8 Å². The number of aryl methyl sites for hydroxylation is 1. The number of rotatable bonds is 23. The van der Waals surface area contributed by atoms with Crippen LogP contribution in [0.3, 0.4) is 0 Å². The predicted molar refractivity (Wildman–Crippen MR) is 272 cm³/mol. The Kier molecular flexibility index (Phi) is 23.9. The number of Topliss-reactive ketones (excluding diaryl/α,β-unsaturated/α-hetero) is 1. The van der Waals surface area contributed by atoms with Crippen LogP contribution in [0.25, 0.3) is 22.5 Å². The number of amides is 3. The molecule has 6 rings (SSSR count). The quantitative estimate of drug-likeness (QED) is 0.0668. The minimum atomic E-state index is -1.03. The van der Waals surface area contributed by atoms with Crippen LogP contribution in [0, 0.1) is 36.9 Å². The number of fused-ring (bicyclic) bond motifs is 5. The maximum Gasteiger partial charge on any atom is 0.317 e. The van der Waals surface area contributed by atoms with Gasteiger partial charge in [-0.15, -0.1) is 5.10 Å². The summed E-state index contributed by atoms with van der Waals surface area (Å²) in [6.07, 6.45) is 4.12. The van der Waals surface area contributed by atoms with Crippen molar-refractivity contribution in [2.75, 3.05) is 116 Å². The van der Waals surface area contributed by atoms with E-state index in [4.69, 9.17) is 0 Å². The molecule has 1 fully saturated rings. The van der Waals surface area contributed by atoms with E-state index in [1.165, 1.54) is 6.20 Å². The van der Waals surface area contributed by atoms with Crippen LogP contribution in [-0.4, -0.2) is 207 Å². The van der Waals surface area contributed by atoms with Gasteiger partial charge in [0.1, 0.15) is 17.3 Å². The van der Waals surface area contributed by atoms with Gasteiger partial charge in [0.25, 0.3) is 5.91 Å². The van der Waals surface area contributed by atoms with E-state index in [0.717, 1.165) is 22.4 Å². The summed E-state index contributed by atoms with van der Waals surface area (Å²) in [7, 11) is 3.84. The van der Waals surface area contributed by atoms with E-state index in [1.54, 1.807) is 31.7 Å². The Morgan fingerprint density at radius 3 is 1.78 bits per heavy atom. The summed E-state index contributed by atoms with van der Waals surface area (Å²) in [4.78, 5) is 103. The fraction of sp³-hybridized carbons (Fsp3) is 0.490. The van der Waals surface area contributed by atoms with E-state index in [1.807, 2.05) is 77.1 Å². The summed E-state index contributed by atoms with van der Waals surface area (Å²) >= 11 is 0. The van der Waals surface area contributed by atoms with Crippen LogP contribution in [0.15, 0.2) is 66.9 Å². The first-order valence-corrected chi connectivity index (χ1v) is 24.8. The Labute approximate surface area is 460 Å². The fourth-order valence-corrected chi connectivity index (χ4v) is 8.89. The molecule has 0 unspecified atom stereocenters. The van der Waals surface area contributed by atoms with Crippen molar-refractivity contribution in [1.29, 1.82) is 0 Å². The molecule has 1 saturated heterocycles. The fourth-order valence-electron chi connectivity index (χ4n) is 8.89. The molecule has 2 aromatic heterocycles. The van der Waals surface area contributed by atoms with Crippen molar-refractivity contribution in [3.63, 3.8) is 0 Å². The van der Waals surface area contributed by atoms with Crippen molar-refractivity contribution in [3.8, 4) is 22.5 Å². The molecule has 0 atom stereocenters. The van der Waals surface area contributed by atoms with E-state index in [2.05, 4.69) is 25.9 Å². The van der Waals surface area contributed by atoms with Gasteiger partial charge in [-0.05, 0) is 63.5 Å². The minimum absolute atomic E-state index is 0. The van der Waals surface area contributed by atoms with Gasteiger partial charge in [0.2, 0.25) is 11.8 Å². The standard InChI is InChI=1S/C51H68N12O10.Lu/c1-57(2)22-20-52-51(73)37-18-19-43(53-31-37)54-44(65)16-7-8-17-45(66)62-32-38-11-3-4-13-40(38)49-50(41-14-5-6-15-42(41)62)63(56-55-49)21-10-9-12-39(64)33-58-23-25-59(34-46(67)68)27-29-61(36-48(71)72)30-28-60(26-24-58)35-47(69)70;/h3-6,11,13-15,18-19,31H,7-10,12,16-17,20-30,32-36H2,1-2H3,(H,52,73)(H,67,68)(H,69,70)(H,71,72)(H,53,54,65);/i;1+2. The largest absolute Gasteiger partial charge is 0.480 e. The van der Waals surface area contributed by atoms with Crippen LogP contribution in [0.4, 0.5) is 11.5 Å². The Morgan fingerprint density at radius 1 is 0.649 bits per heavy atom. The summed E-state index contributed by atoms with van der Waals surface area (Å²) in [5.41, 5.74) is 5.05. The molecule has 0 saturated carbocycles. The average Bonchev–Trinajstić information content (AvgIpc) is 3.76. The molecule has 0 aliphatic carbocycles. The van der Waals surface area contributed by atoms with Gasteiger partial charge in [-0.2, -0.15) is 0 Å². The third-order valence-corrected chi connectivity index (χ3v) is 12.8. The second kappa shape index (κ2) is 30.0. The molecule has 0 spiro atoms. The molecule has 2 aromatic carbocycles. The molecule has 2 aliphatic rings. The molecule has 2 aliphatic heterocycles. The van der Waals surface area contributed by atoms with E-state index in [9.17, 15) is 48.9 Å². The van der Waals surface area contributed by atoms with Crippen LogP contribution >= 0.6 is 0 Å². The zero-order chi connectivity index (χ0) is 52.3. The Bertz CT molecular complexity index is 2510. The molecule has 4 aromatic rings. The second-order valence-corrected chi connectivity index (χ2v) is 18.7. The summed E-state index contributed by atoms with van der Waals surface area (Å²) in [5.74, 6) is -3.35. The zero-order valence-corrected chi connectivity index (χ0v) is 43.7. The van der Waals surface area contributed by atoms with Gasteiger partial charge in [0.05, 0.1) is 49.7 Å². The third kappa shape index (κ3) is 18.6. The van der Waals surface area contributed by atoms with Gasteiger partial charge < -0.3 is 35.8 Å².